The molecule has 1 aliphatic rings. The summed E-state index contributed by atoms with van der Waals surface area (Å²) in [6.45, 7) is 2.25. The van der Waals surface area contributed by atoms with E-state index in [1.165, 1.54) is 12.8 Å². The largest absolute Gasteiger partial charge is 0.386 e. The topological polar surface area (TPSA) is 38.1 Å². The Morgan fingerprint density at radius 2 is 2.31 bits per heavy atom. The maximum absolute atomic E-state index is 10.4. The van der Waals surface area contributed by atoms with Crippen molar-refractivity contribution in [2.75, 3.05) is 0 Å². The summed E-state index contributed by atoms with van der Waals surface area (Å²) in [6.07, 6.45) is 5.80. The lowest BCUT2D eigenvalue weighted by Crippen LogP contribution is -2.22. The van der Waals surface area contributed by atoms with Crippen molar-refractivity contribution < 1.29 is 5.11 Å². The van der Waals surface area contributed by atoms with Gasteiger partial charge in [-0.1, -0.05) is 31.4 Å². The molecule has 3 unspecified atom stereocenters. The lowest BCUT2D eigenvalue weighted by atomic mass is 9.79. The zero-order chi connectivity index (χ0) is 11.7. The van der Waals surface area contributed by atoms with E-state index in [9.17, 15) is 5.11 Å². The first kappa shape index (κ1) is 11.9. The van der Waals surface area contributed by atoms with Gasteiger partial charge in [-0.2, -0.15) is 5.10 Å². The van der Waals surface area contributed by atoms with Gasteiger partial charge in [-0.25, -0.2) is 0 Å². The van der Waals surface area contributed by atoms with Crippen LogP contribution in [0.4, 0.5) is 0 Å². The number of aryl methyl sites for hydroxylation is 1. The van der Waals surface area contributed by atoms with Crippen LogP contribution in [-0.4, -0.2) is 14.9 Å². The summed E-state index contributed by atoms with van der Waals surface area (Å²) in [6, 6.07) is 0. The fourth-order valence-electron chi connectivity index (χ4n) is 2.74. The number of aliphatic hydroxyl groups is 1. The first-order valence-electron chi connectivity index (χ1n) is 5.95. The minimum Gasteiger partial charge on any atom is -0.386 e. The maximum Gasteiger partial charge on any atom is 0.0999 e. The third kappa shape index (κ3) is 2.25. The van der Waals surface area contributed by atoms with Gasteiger partial charge in [0.2, 0.25) is 0 Å². The van der Waals surface area contributed by atoms with E-state index in [2.05, 4.69) is 12.0 Å². The van der Waals surface area contributed by atoms with Gasteiger partial charge >= 0.3 is 0 Å². The maximum atomic E-state index is 10.4. The average molecular weight is 243 g/mol. The molecule has 0 aromatic carbocycles. The van der Waals surface area contributed by atoms with Crippen molar-refractivity contribution in [1.82, 2.24) is 9.78 Å². The highest BCUT2D eigenvalue weighted by atomic mass is 35.5. The van der Waals surface area contributed by atoms with Crippen LogP contribution in [0, 0.1) is 11.8 Å². The van der Waals surface area contributed by atoms with Crippen LogP contribution in [0.2, 0.25) is 5.02 Å². The quantitative estimate of drug-likeness (QED) is 0.866. The Morgan fingerprint density at radius 1 is 1.56 bits per heavy atom. The summed E-state index contributed by atoms with van der Waals surface area (Å²) in [5, 5.41) is 15.0. The number of hydrogen-bond donors (Lipinski definition) is 1. The van der Waals surface area contributed by atoms with Crippen molar-refractivity contribution in [2.45, 2.75) is 38.7 Å². The molecule has 4 heteroatoms. The first-order valence-corrected chi connectivity index (χ1v) is 6.33. The number of halogens is 1. The standard InChI is InChI=1S/C12H19ClN2O/c1-8-4-3-5-9(6-8)12(16)11-10(13)7-14-15(11)2/h7-9,12,16H,3-6H2,1-2H3. The van der Waals surface area contributed by atoms with Gasteiger partial charge < -0.3 is 5.11 Å². The van der Waals surface area contributed by atoms with E-state index in [0.717, 1.165) is 18.5 Å². The van der Waals surface area contributed by atoms with Crippen LogP contribution >= 0.6 is 11.6 Å². The smallest absolute Gasteiger partial charge is 0.0999 e. The Hall–Kier alpha value is -0.540. The molecule has 2 rings (SSSR count). The second kappa shape index (κ2) is 4.76. The lowest BCUT2D eigenvalue weighted by molar-refractivity contribution is 0.0650. The Morgan fingerprint density at radius 3 is 2.88 bits per heavy atom. The number of rotatable bonds is 2. The van der Waals surface area contributed by atoms with Gasteiger partial charge in [-0.15, -0.1) is 0 Å². The predicted molar refractivity (Wildman–Crippen MR) is 64.3 cm³/mol. The highest BCUT2D eigenvalue weighted by molar-refractivity contribution is 6.31. The summed E-state index contributed by atoms with van der Waals surface area (Å²) in [7, 11) is 1.83. The monoisotopic (exact) mass is 242 g/mol. The molecule has 0 aliphatic heterocycles. The molecule has 0 bridgehead atoms. The third-order valence-corrected chi connectivity index (χ3v) is 3.93. The van der Waals surface area contributed by atoms with E-state index < -0.39 is 6.10 Å². The van der Waals surface area contributed by atoms with Crippen molar-refractivity contribution in [3.8, 4) is 0 Å². The molecule has 0 spiro atoms. The molecule has 90 valence electrons. The van der Waals surface area contributed by atoms with E-state index in [0.29, 0.717) is 16.9 Å². The summed E-state index contributed by atoms with van der Waals surface area (Å²) in [5.41, 5.74) is 0.765. The molecule has 3 nitrogen and oxygen atoms in total. The number of hydrogen-bond acceptors (Lipinski definition) is 2. The Balaban J connectivity index is 2.15. The van der Waals surface area contributed by atoms with Crippen molar-refractivity contribution in [1.29, 1.82) is 0 Å². The van der Waals surface area contributed by atoms with Crippen LogP contribution in [0.15, 0.2) is 6.20 Å². The van der Waals surface area contributed by atoms with Crippen LogP contribution in [0.1, 0.15) is 44.4 Å². The molecular formula is C12H19ClN2O. The minimum atomic E-state index is -0.470. The zero-order valence-electron chi connectivity index (χ0n) is 9.86. The molecular weight excluding hydrogens is 224 g/mol. The number of nitrogens with zero attached hydrogens (tertiary/aromatic N) is 2. The van der Waals surface area contributed by atoms with E-state index >= 15 is 0 Å². The average Bonchev–Trinajstić information content (AvgIpc) is 2.58. The lowest BCUT2D eigenvalue weighted by Gasteiger charge is -2.30. The van der Waals surface area contributed by atoms with E-state index in [1.54, 1.807) is 10.9 Å². The van der Waals surface area contributed by atoms with Crippen molar-refractivity contribution in [2.24, 2.45) is 18.9 Å². The van der Waals surface area contributed by atoms with Gasteiger partial charge in [-0.05, 0) is 24.7 Å². The normalized spacial score (nSPS) is 28.0. The molecule has 16 heavy (non-hydrogen) atoms. The second-order valence-corrected chi connectivity index (χ2v) is 5.39. The van der Waals surface area contributed by atoms with E-state index in [1.807, 2.05) is 7.05 Å². The molecule has 0 amide bonds. The van der Waals surface area contributed by atoms with Gasteiger partial charge in [0.05, 0.1) is 23.0 Å². The van der Waals surface area contributed by atoms with Crippen molar-refractivity contribution in [3.63, 3.8) is 0 Å². The summed E-state index contributed by atoms with van der Waals surface area (Å²) < 4.78 is 1.69. The Labute approximate surface area is 101 Å². The molecule has 0 saturated heterocycles. The van der Waals surface area contributed by atoms with Crippen LogP contribution in [0.5, 0.6) is 0 Å². The fourth-order valence-corrected chi connectivity index (χ4v) is 3.02. The molecule has 3 atom stereocenters. The molecule has 1 fully saturated rings. The first-order chi connectivity index (χ1) is 7.59. The van der Waals surface area contributed by atoms with E-state index in [4.69, 9.17) is 11.6 Å². The van der Waals surface area contributed by atoms with Crippen LogP contribution in [0.25, 0.3) is 0 Å². The minimum absolute atomic E-state index is 0.330. The van der Waals surface area contributed by atoms with Gasteiger partial charge in [0.15, 0.2) is 0 Å². The molecule has 1 N–H and O–H groups in total. The highest BCUT2D eigenvalue weighted by Gasteiger charge is 2.29. The SMILES string of the molecule is CC1CCCC(C(O)c2c(Cl)cnn2C)C1. The summed E-state index contributed by atoms with van der Waals surface area (Å²) in [5.74, 6) is 1.04. The highest BCUT2D eigenvalue weighted by Crippen LogP contribution is 2.38. The van der Waals surface area contributed by atoms with Crippen LogP contribution in [-0.2, 0) is 7.05 Å². The number of aromatic nitrogens is 2. The Kier molecular flexibility index (Phi) is 3.55. The molecule has 1 aromatic heterocycles. The van der Waals surface area contributed by atoms with Gasteiger partial charge in [0.25, 0.3) is 0 Å². The second-order valence-electron chi connectivity index (χ2n) is 4.98. The zero-order valence-corrected chi connectivity index (χ0v) is 10.6. The molecule has 1 heterocycles. The van der Waals surface area contributed by atoms with Crippen molar-refractivity contribution >= 4 is 11.6 Å². The number of aliphatic hydroxyl groups excluding tert-OH is 1. The summed E-state index contributed by atoms with van der Waals surface area (Å²) in [4.78, 5) is 0. The van der Waals surface area contributed by atoms with Crippen LogP contribution in [0.3, 0.4) is 0 Å². The fraction of sp³-hybridized carbons (Fsp3) is 0.750. The van der Waals surface area contributed by atoms with Crippen LogP contribution < -0.4 is 0 Å². The van der Waals surface area contributed by atoms with Crippen molar-refractivity contribution in [3.05, 3.63) is 16.9 Å². The predicted octanol–water partition coefficient (Wildman–Crippen LogP) is 2.93. The molecule has 1 aromatic rings. The van der Waals surface area contributed by atoms with Gasteiger partial charge in [0, 0.05) is 7.05 Å². The van der Waals surface area contributed by atoms with Gasteiger partial charge in [-0.3, -0.25) is 4.68 Å². The third-order valence-electron chi connectivity index (χ3n) is 3.64. The molecule has 1 saturated carbocycles. The molecule has 0 radical (unpaired) electrons. The summed E-state index contributed by atoms with van der Waals surface area (Å²) >= 11 is 6.05. The van der Waals surface area contributed by atoms with Gasteiger partial charge in [0.1, 0.15) is 0 Å². The molecule has 1 aliphatic carbocycles. The van der Waals surface area contributed by atoms with E-state index in [-0.39, 0.29) is 0 Å². The Bertz CT molecular complexity index is 344.